The van der Waals surface area contributed by atoms with Gasteiger partial charge in [-0.2, -0.15) is 5.10 Å². The van der Waals surface area contributed by atoms with E-state index in [4.69, 9.17) is 25.8 Å². The molecule has 0 aliphatic carbocycles. The summed E-state index contributed by atoms with van der Waals surface area (Å²) in [6.45, 7) is 4.61. The predicted molar refractivity (Wildman–Crippen MR) is 155 cm³/mol. The zero-order chi connectivity index (χ0) is 30.2. The van der Waals surface area contributed by atoms with Crippen LogP contribution in [0.3, 0.4) is 0 Å². The van der Waals surface area contributed by atoms with Crippen LogP contribution in [0.5, 0.6) is 17.2 Å². The standard InChI is InChI=1S/C27H27ClN4O8S/c1-5-12-40-25-10-7-19(13-26(25)39-4)16-29-30-27(33)17-31(23-14-20(28)8-11-24(23)38-3)41(36,37)21-9-6-18(2)22(15-21)32(34)35/h5-11,13-16H,1,12,17H2,2-4H3,(H,30,33)/b29-16-. The third kappa shape index (κ3) is 7.52. The molecule has 0 spiro atoms. The normalized spacial score (nSPS) is 11.1. The first-order valence-electron chi connectivity index (χ1n) is 11.9. The summed E-state index contributed by atoms with van der Waals surface area (Å²) >= 11 is 6.14. The predicted octanol–water partition coefficient (Wildman–Crippen LogP) is 4.48. The fourth-order valence-corrected chi connectivity index (χ4v) is 5.22. The molecule has 14 heteroatoms. The second kappa shape index (κ2) is 13.6. The second-order valence-electron chi connectivity index (χ2n) is 8.34. The zero-order valence-electron chi connectivity index (χ0n) is 22.4. The van der Waals surface area contributed by atoms with E-state index in [1.807, 2.05) is 0 Å². The molecular weight excluding hydrogens is 576 g/mol. The van der Waals surface area contributed by atoms with Crippen LogP contribution in [-0.2, 0) is 14.8 Å². The highest BCUT2D eigenvalue weighted by Gasteiger charge is 2.31. The van der Waals surface area contributed by atoms with E-state index in [0.717, 1.165) is 10.4 Å². The van der Waals surface area contributed by atoms with Crippen LogP contribution in [0.25, 0.3) is 0 Å². The smallest absolute Gasteiger partial charge is 0.273 e. The van der Waals surface area contributed by atoms with Crippen LogP contribution in [-0.4, -0.2) is 52.8 Å². The number of hydrazone groups is 1. The summed E-state index contributed by atoms with van der Waals surface area (Å²) in [6, 6.07) is 12.6. The van der Waals surface area contributed by atoms with Crippen molar-refractivity contribution in [2.45, 2.75) is 11.8 Å². The molecule has 3 aromatic rings. The first-order valence-corrected chi connectivity index (χ1v) is 13.7. The van der Waals surface area contributed by atoms with Crippen molar-refractivity contribution < 1.29 is 32.3 Å². The number of ether oxygens (including phenoxy) is 3. The molecule has 0 saturated carbocycles. The maximum absolute atomic E-state index is 13.8. The van der Waals surface area contributed by atoms with Crippen molar-refractivity contribution in [2.75, 3.05) is 31.7 Å². The summed E-state index contributed by atoms with van der Waals surface area (Å²) in [5.74, 6) is 0.203. The third-order valence-electron chi connectivity index (χ3n) is 5.61. The number of hydrogen-bond donors (Lipinski definition) is 1. The molecule has 216 valence electrons. The van der Waals surface area contributed by atoms with Crippen LogP contribution >= 0.6 is 11.6 Å². The van der Waals surface area contributed by atoms with Gasteiger partial charge in [-0.25, -0.2) is 13.8 Å². The average molecular weight is 603 g/mol. The van der Waals surface area contributed by atoms with Gasteiger partial charge in [-0.3, -0.25) is 19.2 Å². The van der Waals surface area contributed by atoms with Crippen LogP contribution in [0.2, 0.25) is 5.02 Å². The molecule has 1 N–H and O–H groups in total. The number of anilines is 1. The molecule has 0 saturated heterocycles. The lowest BCUT2D eigenvalue weighted by atomic mass is 10.2. The van der Waals surface area contributed by atoms with Gasteiger partial charge < -0.3 is 14.2 Å². The quantitative estimate of drug-likeness (QED) is 0.130. The number of nitrogens with one attached hydrogen (secondary N) is 1. The van der Waals surface area contributed by atoms with Gasteiger partial charge in [0.25, 0.3) is 21.6 Å². The van der Waals surface area contributed by atoms with Gasteiger partial charge in [0.05, 0.1) is 35.9 Å². The van der Waals surface area contributed by atoms with Gasteiger partial charge in [-0.15, -0.1) is 0 Å². The summed E-state index contributed by atoms with van der Waals surface area (Å²) in [7, 11) is -1.74. The fourth-order valence-electron chi connectivity index (χ4n) is 3.61. The van der Waals surface area contributed by atoms with Gasteiger partial charge in [-0.1, -0.05) is 30.3 Å². The molecule has 0 fully saturated rings. The van der Waals surface area contributed by atoms with Crippen LogP contribution in [0, 0.1) is 17.0 Å². The van der Waals surface area contributed by atoms with Gasteiger partial charge in [-0.05, 0) is 55.0 Å². The number of benzene rings is 3. The van der Waals surface area contributed by atoms with Crippen molar-refractivity contribution in [2.24, 2.45) is 5.10 Å². The maximum Gasteiger partial charge on any atom is 0.273 e. The highest BCUT2D eigenvalue weighted by Crippen LogP contribution is 2.35. The number of carbonyl (C=O) groups excluding carboxylic acids is 1. The van der Waals surface area contributed by atoms with Crippen LogP contribution in [0.15, 0.2) is 77.2 Å². The Morgan fingerprint density at radius 1 is 1.10 bits per heavy atom. The summed E-state index contributed by atoms with van der Waals surface area (Å²) in [5.41, 5.74) is 2.67. The molecular formula is C27H27ClN4O8S. The Kier molecular flexibility index (Phi) is 10.3. The highest BCUT2D eigenvalue weighted by atomic mass is 35.5. The van der Waals surface area contributed by atoms with Crippen LogP contribution in [0.4, 0.5) is 11.4 Å². The van der Waals surface area contributed by atoms with Gasteiger partial charge in [0.15, 0.2) is 11.5 Å². The van der Waals surface area contributed by atoms with Crippen molar-refractivity contribution >= 4 is 45.1 Å². The Morgan fingerprint density at radius 3 is 2.46 bits per heavy atom. The largest absolute Gasteiger partial charge is 0.495 e. The molecule has 3 aromatic carbocycles. The number of hydrogen-bond acceptors (Lipinski definition) is 9. The molecule has 0 unspecified atom stereocenters. The monoisotopic (exact) mass is 602 g/mol. The van der Waals surface area contributed by atoms with Gasteiger partial charge in [0.2, 0.25) is 0 Å². The lowest BCUT2D eigenvalue weighted by Crippen LogP contribution is -2.39. The van der Waals surface area contributed by atoms with E-state index >= 15 is 0 Å². The number of amides is 1. The van der Waals surface area contributed by atoms with Crippen LogP contribution in [0.1, 0.15) is 11.1 Å². The number of methoxy groups -OCH3 is 2. The first-order chi connectivity index (χ1) is 19.5. The van der Waals surface area contributed by atoms with E-state index in [1.54, 1.807) is 24.3 Å². The summed E-state index contributed by atoms with van der Waals surface area (Å²) in [6.07, 6.45) is 2.92. The summed E-state index contributed by atoms with van der Waals surface area (Å²) in [5, 5.41) is 15.5. The van der Waals surface area contributed by atoms with E-state index in [9.17, 15) is 23.3 Å². The van der Waals surface area contributed by atoms with E-state index < -0.39 is 38.0 Å². The molecule has 0 bridgehead atoms. The second-order valence-corrected chi connectivity index (χ2v) is 10.6. The van der Waals surface area contributed by atoms with Gasteiger partial charge >= 0.3 is 0 Å². The molecule has 0 atom stereocenters. The minimum absolute atomic E-state index is 0.0535. The SMILES string of the molecule is C=CCOc1ccc(/C=N\NC(=O)CN(c2cc(Cl)ccc2OC)S(=O)(=O)c2ccc(C)c([N+](=O)[O-])c2)cc1OC. The Bertz CT molecular complexity index is 1590. The Hall–Kier alpha value is -4.62. The number of nitro benzene ring substituents is 1. The number of nitro groups is 1. The van der Waals surface area contributed by atoms with Gasteiger partial charge in [0, 0.05) is 16.7 Å². The number of carbonyl (C=O) groups is 1. The van der Waals surface area contributed by atoms with Crippen LogP contribution < -0.4 is 23.9 Å². The first kappa shape index (κ1) is 30.9. The topological polar surface area (TPSA) is 150 Å². The van der Waals surface area contributed by atoms with E-state index in [2.05, 4.69) is 17.1 Å². The minimum Gasteiger partial charge on any atom is -0.495 e. The fraction of sp³-hybridized carbons (Fsp3) is 0.185. The van der Waals surface area contributed by atoms with E-state index in [1.165, 1.54) is 57.7 Å². The van der Waals surface area contributed by atoms with Crippen molar-refractivity contribution in [1.29, 1.82) is 0 Å². The molecule has 0 aliphatic rings. The number of sulfonamides is 1. The molecule has 1 amide bonds. The maximum atomic E-state index is 13.8. The molecule has 12 nitrogen and oxygen atoms in total. The highest BCUT2D eigenvalue weighted by molar-refractivity contribution is 7.92. The average Bonchev–Trinajstić information content (AvgIpc) is 2.94. The minimum atomic E-state index is -4.53. The number of halogens is 1. The molecule has 3 rings (SSSR count). The Morgan fingerprint density at radius 2 is 1.80 bits per heavy atom. The van der Waals surface area contributed by atoms with Crippen molar-refractivity contribution in [3.63, 3.8) is 0 Å². The van der Waals surface area contributed by atoms with Crippen molar-refractivity contribution in [1.82, 2.24) is 5.43 Å². The van der Waals surface area contributed by atoms with Crippen molar-refractivity contribution in [3.05, 3.63) is 93.5 Å². The van der Waals surface area contributed by atoms with Gasteiger partial charge in [0.1, 0.15) is 18.9 Å². The Labute approximate surface area is 242 Å². The number of nitrogens with zero attached hydrogens (tertiary/aromatic N) is 3. The lowest BCUT2D eigenvalue weighted by Gasteiger charge is -2.25. The summed E-state index contributed by atoms with van der Waals surface area (Å²) in [4.78, 5) is 23.3. The number of aryl methyl sites for hydroxylation is 1. The molecule has 0 aromatic heterocycles. The number of rotatable bonds is 13. The lowest BCUT2D eigenvalue weighted by molar-refractivity contribution is -0.385. The summed E-state index contributed by atoms with van der Waals surface area (Å²) < 4.78 is 44.4. The molecule has 0 heterocycles. The van der Waals surface area contributed by atoms with E-state index in [0.29, 0.717) is 17.1 Å². The molecule has 0 aliphatic heterocycles. The van der Waals surface area contributed by atoms with E-state index in [-0.39, 0.29) is 28.6 Å². The third-order valence-corrected chi connectivity index (χ3v) is 7.60. The zero-order valence-corrected chi connectivity index (χ0v) is 23.9. The Balaban J connectivity index is 1.93. The van der Waals surface area contributed by atoms with Crippen molar-refractivity contribution in [3.8, 4) is 17.2 Å². The molecule has 0 radical (unpaired) electrons. The molecule has 41 heavy (non-hydrogen) atoms.